The van der Waals surface area contributed by atoms with Crippen molar-refractivity contribution in [3.63, 3.8) is 0 Å². The molecule has 3 rings (SSSR count). The van der Waals surface area contributed by atoms with Gasteiger partial charge in [-0.2, -0.15) is 18.2 Å². The van der Waals surface area contributed by atoms with Crippen LogP contribution in [0.1, 0.15) is 18.5 Å². The summed E-state index contributed by atoms with van der Waals surface area (Å²) in [6.45, 7) is 3.31. The molecule has 6 nitrogen and oxygen atoms in total. The average Bonchev–Trinajstić information content (AvgIpc) is 2.67. The Bertz CT molecular complexity index is 847. The van der Waals surface area contributed by atoms with Gasteiger partial charge in [-0.15, -0.1) is 0 Å². The molecule has 158 valence electrons. The zero-order valence-corrected chi connectivity index (χ0v) is 17.1. The van der Waals surface area contributed by atoms with Gasteiger partial charge in [-0.1, -0.05) is 29.3 Å². The maximum Gasteiger partial charge on any atom is 0.422 e. The van der Waals surface area contributed by atoms with Crippen LogP contribution in [0.4, 0.5) is 24.9 Å². The van der Waals surface area contributed by atoms with E-state index in [2.05, 4.69) is 20.6 Å². The van der Waals surface area contributed by atoms with Crippen molar-refractivity contribution in [1.82, 2.24) is 15.3 Å². The number of benzene rings is 1. The summed E-state index contributed by atoms with van der Waals surface area (Å²) in [7, 11) is 0. The summed E-state index contributed by atoms with van der Waals surface area (Å²) in [5.74, 6) is 0.497. The first-order valence-electron chi connectivity index (χ1n) is 8.96. The second kappa shape index (κ2) is 9.23. The maximum absolute atomic E-state index is 12.6. The van der Waals surface area contributed by atoms with E-state index in [1.807, 2.05) is 11.8 Å². The topological polar surface area (TPSA) is 62.3 Å². The molecule has 1 fully saturated rings. The monoisotopic (exact) mass is 449 g/mol. The van der Waals surface area contributed by atoms with Crippen LogP contribution in [-0.4, -0.2) is 48.9 Å². The molecule has 0 amide bonds. The third-order valence-corrected chi connectivity index (χ3v) is 4.88. The summed E-state index contributed by atoms with van der Waals surface area (Å²) in [5, 5.41) is 7.24. The fraction of sp³-hybridized carbons (Fsp3) is 0.444. The molecule has 0 radical (unpaired) electrons. The quantitative estimate of drug-likeness (QED) is 0.684. The van der Waals surface area contributed by atoms with E-state index in [0.717, 1.165) is 18.7 Å². The van der Waals surface area contributed by atoms with E-state index in [1.165, 1.54) is 6.20 Å². The van der Waals surface area contributed by atoms with E-state index in [4.69, 9.17) is 27.9 Å². The van der Waals surface area contributed by atoms with Gasteiger partial charge in [0.1, 0.15) is 0 Å². The van der Waals surface area contributed by atoms with E-state index < -0.39 is 12.8 Å². The van der Waals surface area contributed by atoms with E-state index in [0.29, 0.717) is 29.1 Å². The zero-order chi connectivity index (χ0) is 21.0. The number of halogens is 5. The molecule has 2 N–H and O–H groups in total. The molecule has 0 aliphatic carbocycles. The molecule has 0 unspecified atom stereocenters. The second-order valence-electron chi connectivity index (χ2n) is 6.56. The highest BCUT2D eigenvalue weighted by Crippen LogP contribution is 2.32. The first-order chi connectivity index (χ1) is 13.7. The minimum atomic E-state index is -4.47. The molecule has 0 saturated carbocycles. The standard InChI is InChI=1S/C18H20Cl2F3N5O/c1-11(13-3-2-12(19)8-14(13)20)26-16-15(29-10-18(21,22)23)9-25-17(27-16)28-6-4-24-5-7-28/h2-3,8-9,11,24H,4-7,10H2,1H3,(H,25,26,27)/t11-/m1/s1. The van der Waals surface area contributed by atoms with Crippen LogP contribution in [0, 0.1) is 0 Å². The molecule has 29 heavy (non-hydrogen) atoms. The summed E-state index contributed by atoms with van der Waals surface area (Å²) in [6, 6.07) is 4.67. The Hall–Kier alpha value is -1.97. The minimum absolute atomic E-state index is 0.0851. The van der Waals surface area contributed by atoms with Gasteiger partial charge in [0.05, 0.1) is 12.2 Å². The van der Waals surface area contributed by atoms with Crippen molar-refractivity contribution in [3.8, 4) is 5.75 Å². The highest BCUT2D eigenvalue weighted by Gasteiger charge is 2.29. The van der Waals surface area contributed by atoms with Crippen LogP contribution in [-0.2, 0) is 0 Å². The molecule has 1 aliphatic heterocycles. The van der Waals surface area contributed by atoms with Gasteiger partial charge in [-0.3, -0.25) is 0 Å². The van der Waals surface area contributed by atoms with Crippen molar-refractivity contribution in [2.45, 2.75) is 19.1 Å². The van der Waals surface area contributed by atoms with Crippen molar-refractivity contribution in [2.75, 3.05) is 43.0 Å². The Morgan fingerprint density at radius 3 is 2.66 bits per heavy atom. The van der Waals surface area contributed by atoms with Gasteiger partial charge < -0.3 is 20.3 Å². The van der Waals surface area contributed by atoms with Crippen molar-refractivity contribution >= 4 is 35.0 Å². The maximum atomic E-state index is 12.6. The highest BCUT2D eigenvalue weighted by molar-refractivity contribution is 6.35. The lowest BCUT2D eigenvalue weighted by Gasteiger charge is -2.28. The van der Waals surface area contributed by atoms with Gasteiger partial charge in [-0.25, -0.2) is 4.98 Å². The summed E-state index contributed by atoms with van der Waals surface area (Å²) in [6.07, 6.45) is -3.21. The van der Waals surface area contributed by atoms with Crippen LogP contribution >= 0.6 is 23.2 Å². The van der Waals surface area contributed by atoms with Crippen LogP contribution in [0.2, 0.25) is 10.0 Å². The number of aromatic nitrogens is 2. The zero-order valence-electron chi connectivity index (χ0n) is 15.6. The molecule has 2 heterocycles. The summed E-state index contributed by atoms with van der Waals surface area (Å²) in [4.78, 5) is 10.6. The molecule has 1 aromatic carbocycles. The molecule has 1 aromatic heterocycles. The van der Waals surface area contributed by atoms with Gasteiger partial charge in [0.2, 0.25) is 5.95 Å². The number of ether oxygens (including phenoxy) is 1. The first kappa shape index (κ1) is 21.7. The van der Waals surface area contributed by atoms with Crippen LogP contribution in [0.3, 0.4) is 0 Å². The van der Waals surface area contributed by atoms with Gasteiger partial charge >= 0.3 is 6.18 Å². The number of alkyl halides is 3. The fourth-order valence-electron chi connectivity index (χ4n) is 2.88. The Kier molecular flexibility index (Phi) is 6.92. The number of nitrogens with one attached hydrogen (secondary N) is 2. The molecule has 2 aromatic rings. The lowest BCUT2D eigenvalue weighted by molar-refractivity contribution is -0.153. The molecular formula is C18H20Cl2F3N5O. The Balaban J connectivity index is 1.87. The third-order valence-electron chi connectivity index (χ3n) is 4.32. The van der Waals surface area contributed by atoms with Gasteiger partial charge in [0, 0.05) is 36.2 Å². The molecule has 1 saturated heterocycles. The summed E-state index contributed by atoms with van der Waals surface area (Å²) >= 11 is 12.2. The largest absolute Gasteiger partial charge is 0.479 e. The minimum Gasteiger partial charge on any atom is -0.479 e. The van der Waals surface area contributed by atoms with Crippen molar-refractivity contribution in [2.24, 2.45) is 0 Å². The molecule has 11 heteroatoms. The normalized spacial score (nSPS) is 15.9. The Morgan fingerprint density at radius 2 is 2.00 bits per heavy atom. The number of nitrogens with zero attached hydrogens (tertiary/aromatic N) is 3. The predicted octanol–water partition coefficient (Wildman–Crippen LogP) is 4.31. The highest BCUT2D eigenvalue weighted by atomic mass is 35.5. The van der Waals surface area contributed by atoms with Crippen molar-refractivity contribution < 1.29 is 17.9 Å². The number of piperazine rings is 1. The fourth-order valence-corrected chi connectivity index (χ4v) is 3.45. The SMILES string of the molecule is C[C@@H](Nc1nc(N2CCNCC2)ncc1OCC(F)(F)F)c1ccc(Cl)cc1Cl. The Labute approximate surface area is 176 Å². The summed E-state index contributed by atoms with van der Waals surface area (Å²) in [5.41, 5.74) is 0.722. The number of hydrogen-bond donors (Lipinski definition) is 2. The average molecular weight is 450 g/mol. The van der Waals surface area contributed by atoms with E-state index in [-0.39, 0.29) is 17.6 Å². The molecule has 1 atom stereocenters. The first-order valence-corrected chi connectivity index (χ1v) is 9.72. The number of anilines is 2. The van der Waals surface area contributed by atoms with E-state index in [1.54, 1.807) is 18.2 Å². The van der Waals surface area contributed by atoms with Crippen LogP contribution in [0.5, 0.6) is 5.75 Å². The smallest absolute Gasteiger partial charge is 0.422 e. The lowest BCUT2D eigenvalue weighted by Crippen LogP contribution is -2.44. The molecular weight excluding hydrogens is 430 g/mol. The lowest BCUT2D eigenvalue weighted by atomic mass is 10.1. The number of rotatable bonds is 6. The van der Waals surface area contributed by atoms with E-state index in [9.17, 15) is 13.2 Å². The van der Waals surface area contributed by atoms with Crippen molar-refractivity contribution in [1.29, 1.82) is 0 Å². The summed E-state index contributed by atoms with van der Waals surface area (Å²) < 4.78 is 42.8. The third kappa shape index (κ3) is 6.01. The second-order valence-corrected chi connectivity index (χ2v) is 7.40. The van der Waals surface area contributed by atoms with Gasteiger partial charge in [0.15, 0.2) is 18.2 Å². The number of hydrogen-bond acceptors (Lipinski definition) is 6. The van der Waals surface area contributed by atoms with Crippen molar-refractivity contribution in [3.05, 3.63) is 40.0 Å². The molecule has 0 bridgehead atoms. The Morgan fingerprint density at radius 1 is 1.28 bits per heavy atom. The van der Waals surface area contributed by atoms with Crippen LogP contribution in [0.15, 0.2) is 24.4 Å². The predicted molar refractivity (Wildman–Crippen MR) is 107 cm³/mol. The van der Waals surface area contributed by atoms with E-state index >= 15 is 0 Å². The van der Waals surface area contributed by atoms with Crippen LogP contribution < -0.4 is 20.3 Å². The van der Waals surface area contributed by atoms with Gasteiger partial charge in [-0.05, 0) is 24.6 Å². The van der Waals surface area contributed by atoms with Crippen LogP contribution in [0.25, 0.3) is 0 Å². The molecule has 1 aliphatic rings. The molecule has 0 spiro atoms. The van der Waals surface area contributed by atoms with Gasteiger partial charge in [0.25, 0.3) is 0 Å².